The van der Waals surface area contributed by atoms with E-state index in [1.54, 1.807) is 0 Å². The Bertz CT molecular complexity index is 119. The third-order valence-electron chi connectivity index (χ3n) is 2.61. The molecule has 0 heterocycles. The van der Waals surface area contributed by atoms with Gasteiger partial charge in [-0.15, -0.1) is 0 Å². The zero-order chi connectivity index (χ0) is 8.32. The van der Waals surface area contributed by atoms with E-state index in [4.69, 9.17) is 10.5 Å². The molecule has 11 heavy (non-hydrogen) atoms. The third-order valence-corrected chi connectivity index (χ3v) is 2.61. The van der Waals surface area contributed by atoms with Crippen LogP contribution in [0, 0.1) is 11.3 Å². The van der Waals surface area contributed by atoms with Crippen molar-refractivity contribution in [1.29, 1.82) is 0 Å². The Balaban J connectivity index is 2.26. The summed E-state index contributed by atoms with van der Waals surface area (Å²) in [6, 6.07) is 0. The molecule has 0 bridgehead atoms. The van der Waals surface area contributed by atoms with Crippen LogP contribution >= 0.6 is 0 Å². The predicted octanol–water partition coefficient (Wildman–Crippen LogP) is 1.40. The second kappa shape index (κ2) is 3.55. The Morgan fingerprint density at radius 2 is 2.18 bits per heavy atom. The van der Waals surface area contributed by atoms with Crippen LogP contribution in [0.4, 0.5) is 0 Å². The summed E-state index contributed by atoms with van der Waals surface area (Å²) >= 11 is 0. The minimum atomic E-state index is 0.343. The van der Waals surface area contributed by atoms with E-state index < -0.39 is 0 Å². The summed E-state index contributed by atoms with van der Waals surface area (Å²) in [6.45, 7) is 6.78. The van der Waals surface area contributed by atoms with Gasteiger partial charge in [-0.2, -0.15) is 0 Å². The minimum Gasteiger partial charge on any atom is -0.381 e. The zero-order valence-corrected chi connectivity index (χ0v) is 7.60. The maximum absolute atomic E-state index is 5.69. The Hall–Kier alpha value is -0.0800. The number of hydrogen-bond donors (Lipinski definition) is 1. The second-order valence-electron chi connectivity index (χ2n) is 3.85. The van der Waals surface area contributed by atoms with Crippen LogP contribution < -0.4 is 5.73 Å². The van der Waals surface area contributed by atoms with E-state index >= 15 is 0 Å². The van der Waals surface area contributed by atoms with E-state index in [-0.39, 0.29) is 0 Å². The fraction of sp³-hybridized carbons (Fsp3) is 1.00. The van der Waals surface area contributed by atoms with Crippen LogP contribution in [0.25, 0.3) is 0 Å². The van der Waals surface area contributed by atoms with Crippen molar-refractivity contribution in [1.82, 2.24) is 0 Å². The van der Waals surface area contributed by atoms with E-state index in [1.165, 1.54) is 12.8 Å². The topological polar surface area (TPSA) is 35.2 Å². The first kappa shape index (κ1) is 9.01. The first-order valence-corrected chi connectivity index (χ1v) is 4.50. The van der Waals surface area contributed by atoms with Gasteiger partial charge in [-0.3, -0.25) is 0 Å². The van der Waals surface area contributed by atoms with Crippen molar-refractivity contribution < 1.29 is 4.74 Å². The van der Waals surface area contributed by atoms with Gasteiger partial charge >= 0.3 is 0 Å². The molecule has 0 spiro atoms. The van der Waals surface area contributed by atoms with Crippen molar-refractivity contribution in [3.8, 4) is 0 Å². The van der Waals surface area contributed by atoms with Gasteiger partial charge in [0.15, 0.2) is 0 Å². The summed E-state index contributed by atoms with van der Waals surface area (Å²) in [7, 11) is 0. The molecule has 1 fully saturated rings. The largest absolute Gasteiger partial charge is 0.381 e. The van der Waals surface area contributed by atoms with E-state index in [1.807, 2.05) is 6.92 Å². The Labute approximate surface area is 69.1 Å². The molecular formula is C9H19NO. The molecule has 1 rings (SSSR count). The molecule has 2 N–H and O–H groups in total. The van der Waals surface area contributed by atoms with Crippen LogP contribution in [0.5, 0.6) is 0 Å². The number of ether oxygens (including phenoxy) is 1. The molecule has 2 nitrogen and oxygen atoms in total. The van der Waals surface area contributed by atoms with E-state index in [0.29, 0.717) is 5.41 Å². The van der Waals surface area contributed by atoms with E-state index in [0.717, 1.165) is 25.7 Å². The highest BCUT2D eigenvalue weighted by atomic mass is 16.5. The van der Waals surface area contributed by atoms with Gasteiger partial charge in [0.05, 0.1) is 6.61 Å². The van der Waals surface area contributed by atoms with Crippen molar-refractivity contribution in [2.24, 2.45) is 17.1 Å². The van der Waals surface area contributed by atoms with Crippen LogP contribution in [0.3, 0.4) is 0 Å². The molecule has 66 valence electrons. The highest BCUT2D eigenvalue weighted by molar-refractivity contribution is 4.92. The van der Waals surface area contributed by atoms with Gasteiger partial charge in [-0.05, 0) is 25.7 Å². The highest BCUT2D eigenvalue weighted by Gasteiger charge is 2.40. The van der Waals surface area contributed by atoms with Crippen LogP contribution in [-0.2, 0) is 4.74 Å². The van der Waals surface area contributed by atoms with E-state index in [9.17, 15) is 0 Å². The summed E-state index contributed by atoms with van der Waals surface area (Å²) in [5.41, 5.74) is 6.03. The van der Waals surface area contributed by atoms with Crippen LogP contribution in [0.1, 0.15) is 26.7 Å². The molecule has 0 amide bonds. The molecule has 1 aliphatic carbocycles. The fourth-order valence-electron chi connectivity index (χ4n) is 2.08. The molecule has 0 atom stereocenters. The lowest BCUT2D eigenvalue weighted by Crippen LogP contribution is -2.45. The third kappa shape index (κ3) is 1.94. The van der Waals surface area contributed by atoms with E-state index in [2.05, 4.69) is 6.92 Å². The average molecular weight is 157 g/mol. The van der Waals surface area contributed by atoms with Crippen molar-refractivity contribution in [3.05, 3.63) is 0 Å². The minimum absolute atomic E-state index is 0.343. The molecule has 1 saturated carbocycles. The zero-order valence-electron chi connectivity index (χ0n) is 7.60. The van der Waals surface area contributed by atoms with Crippen molar-refractivity contribution in [3.63, 3.8) is 0 Å². The molecular weight excluding hydrogens is 138 g/mol. The van der Waals surface area contributed by atoms with Gasteiger partial charge in [0.25, 0.3) is 0 Å². The lowest BCUT2D eigenvalue weighted by atomic mass is 9.63. The van der Waals surface area contributed by atoms with Crippen molar-refractivity contribution in [2.75, 3.05) is 19.8 Å². The predicted molar refractivity (Wildman–Crippen MR) is 46.4 cm³/mol. The highest BCUT2D eigenvalue weighted by Crippen LogP contribution is 2.44. The molecule has 0 saturated heterocycles. The Morgan fingerprint density at radius 1 is 1.55 bits per heavy atom. The molecule has 0 aromatic heterocycles. The first-order valence-electron chi connectivity index (χ1n) is 4.50. The van der Waals surface area contributed by atoms with Crippen LogP contribution in [0.15, 0.2) is 0 Å². The maximum atomic E-state index is 5.69. The molecule has 1 aliphatic rings. The lowest BCUT2D eigenvalue weighted by Gasteiger charge is -2.45. The normalized spacial score (nSPS) is 36.8. The summed E-state index contributed by atoms with van der Waals surface area (Å²) in [5.74, 6) is 0.860. The van der Waals surface area contributed by atoms with Crippen molar-refractivity contribution >= 4 is 0 Å². The Kier molecular flexibility index (Phi) is 2.90. The summed E-state index contributed by atoms with van der Waals surface area (Å²) in [4.78, 5) is 0. The molecule has 0 aliphatic heterocycles. The van der Waals surface area contributed by atoms with Gasteiger partial charge in [0, 0.05) is 18.6 Å². The standard InChI is InChI=1S/C9H19NO/c1-3-11-7-9(6-10)4-8(2)5-9/h8H,3-7,10H2,1-2H3. The maximum Gasteiger partial charge on any atom is 0.0534 e. The van der Waals surface area contributed by atoms with Gasteiger partial charge < -0.3 is 10.5 Å². The molecule has 0 radical (unpaired) electrons. The fourth-order valence-corrected chi connectivity index (χ4v) is 2.08. The monoisotopic (exact) mass is 157 g/mol. The summed E-state index contributed by atoms with van der Waals surface area (Å²) in [5, 5.41) is 0. The number of rotatable bonds is 4. The van der Waals surface area contributed by atoms with Gasteiger partial charge in [0.1, 0.15) is 0 Å². The first-order chi connectivity index (χ1) is 5.22. The number of hydrogen-bond acceptors (Lipinski definition) is 2. The number of nitrogens with two attached hydrogens (primary N) is 1. The van der Waals surface area contributed by atoms with Crippen LogP contribution in [-0.4, -0.2) is 19.8 Å². The molecule has 2 heteroatoms. The molecule has 0 aromatic rings. The molecule has 0 unspecified atom stereocenters. The van der Waals surface area contributed by atoms with Crippen LogP contribution in [0.2, 0.25) is 0 Å². The second-order valence-corrected chi connectivity index (χ2v) is 3.85. The molecule has 0 aromatic carbocycles. The van der Waals surface area contributed by atoms with Crippen molar-refractivity contribution in [2.45, 2.75) is 26.7 Å². The van der Waals surface area contributed by atoms with Gasteiger partial charge in [0.2, 0.25) is 0 Å². The quantitative estimate of drug-likeness (QED) is 0.669. The smallest absolute Gasteiger partial charge is 0.0534 e. The summed E-state index contributed by atoms with van der Waals surface area (Å²) in [6.07, 6.45) is 2.51. The summed E-state index contributed by atoms with van der Waals surface area (Å²) < 4.78 is 5.40. The van der Waals surface area contributed by atoms with Gasteiger partial charge in [-0.25, -0.2) is 0 Å². The SMILES string of the molecule is CCOCC1(CN)CC(C)C1. The average Bonchev–Trinajstić information content (AvgIpc) is 1.96. The lowest BCUT2D eigenvalue weighted by molar-refractivity contribution is -0.0249. The Morgan fingerprint density at radius 3 is 2.55 bits per heavy atom. The van der Waals surface area contributed by atoms with Gasteiger partial charge in [-0.1, -0.05) is 6.92 Å².